The van der Waals surface area contributed by atoms with Crippen LogP contribution in [-0.4, -0.2) is 54.4 Å². The molecule has 1 fully saturated rings. The summed E-state index contributed by atoms with van der Waals surface area (Å²) >= 11 is 7.93. The van der Waals surface area contributed by atoms with Crippen molar-refractivity contribution < 1.29 is 4.79 Å². The Hall–Kier alpha value is -0.710. The van der Waals surface area contributed by atoms with E-state index in [1.165, 1.54) is 5.56 Å². The van der Waals surface area contributed by atoms with Crippen LogP contribution in [0.2, 0.25) is 5.02 Å². The van der Waals surface area contributed by atoms with Gasteiger partial charge in [0.1, 0.15) is 0 Å². The van der Waals surface area contributed by atoms with E-state index in [-0.39, 0.29) is 5.91 Å². The van der Waals surface area contributed by atoms with Crippen molar-refractivity contribution in [3.63, 3.8) is 0 Å². The van der Waals surface area contributed by atoms with Gasteiger partial charge in [-0.25, -0.2) is 0 Å². The van der Waals surface area contributed by atoms with E-state index in [1.54, 1.807) is 4.90 Å². The Morgan fingerprint density at radius 1 is 1.40 bits per heavy atom. The van der Waals surface area contributed by atoms with Gasteiger partial charge in [-0.1, -0.05) is 23.7 Å². The van der Waals surface area contributed by atoms with Crippen LogP contribution >= 0.6 is 23.4 Å². The first kappa shape index (κ1) is 15.7. The summed E-state index contributed by atoms with van der Waals surface area (Å²) in [6.45, 7) is 1.86. The molecule has 0 N–H and O–H groups in total. The molecule has 1 aliphatic heterocycles. The summed E-state index contributed by atoms with van der Waals surface area (Å²) < 4.78 is 0. The number of thioether (sulfide) groups is 1. The highest BCUT2D eigenvalue weighted by Gasteiger charge is 2.24. The molecule has 110 valence electrons. The largest absolute Gasteiger partial charge is 0.349 e. The molecule has 0 saturated carbocycles. The van der Waals surface area contributed by atoms with E-state index in [9.17, 15) is 4.79 Å². The summed E-state index contributed by atoms with van der Waals surface area (Å²) in [5, 5.41) is 0.770. The number of amides is 1. The van der Waals surface area contributed by atoms with Gasteiger partial charge >= 0.3 is 0 Å². The predicted molar refractivity (Wildman–Crippen MR) is 86.4 cm³/mol. The summed E-state index contributed by atoms with van der Waals surface area (Å²) in [4.78, 5) is 15.8. The lowest BCUT2D eigenvalue weighted by Gasteiger charge is -2.35. The van der Waals surface area contributed by atoms with Gasteiger partial charge in [-0.2, -0.15) is 11.8 Å². The molecule has 1 unspecified atom stereocenters. The summed E-state index contributed by atoms with van der Waals surface area (Å²) in [6.07, 6.45) is 0.585. The molecular formula is C15H21ClN2OS. The fraction of sp³-hybridized carbons (Fsp3) is 0.533. The molecule has 1 saturated heterocycles. The van der Waals surface area contributed by atoms with Crippen molar-refractivity contribution in [2.24, 2.45) is 0 Å². The standard InChI is InChI=1S/C15H21ClN2OS/c1-17(2)15(19)7-8-18-9-10-20-11-14(18)12-3-5-13(16)6-4-12/h3-6,14H,7-11H2,1-2H3. The Balaban J connectivity index is 2.01. The Labute approximate surface area is 130 Å². The van der Waals surface area contributed by atoms with Gasteiger partial charge < -0.3 is 4.90 Å². The highest BCUT2D eigenvalue weighted by atomic mass is 35.5. The molecule has 1 aromatic carbocycles. The molecular weight excluding hydrogens is 292 g/mol. The van der Waals surface area contributed by atoms with Gasteiger partial charge in [0, 0.05) is 56.2 Å². The van der Waals surface area contributed by atoms with Crippen LogP contribution in [0.25, 0.3) is 0 Å². The van der Waals surface area contributed by atoms with Crippen LogP contribution in [0.15, 0.2) is 24.3 Å². The number of hydrogen-bond acceptors (Lipinski definition) is 3. The number of benzene rings is 1. The third-order valence-corrected chi connectivity index (χ3v) is 4.88. The number of halogens is 1. The van der Waals surface area contributed by atoms with Crippen LogP contribution in [0.3, 0.4) is 0 Å². The second-order valence-electron chi connectivity index (χ2n) is 5.22. The van der Waals surface area contributed by atoms with Gasteiger partial charge in [0.05, 0.1) is 0 Å². The predicted octanol–water partition coefficient (Wildman–Crippen LogP) is 2.91. The number of hydrogen-bond donors (Lipinski definition) is 0. The Morgan fingerprint density at radius 2 is 2.10 bits per heavy atom. The Kier molecular flexibility index (Phi) is 5.75. The minimum Gasteiger partial charge on any atom is -0.349 e. The third kappa shape index (κ3) is 4.14. The molecule has 1 atom stereocenters. The maximum atomic E-state index is 11.7. The van der Waals surface area contributed by atoms with E-state index < -0.39 is 0 Å². The zero-order valence-corrected chi connectivity index (χ0v) is 13.6. The summed E-state index contributed by atoms with van der Waals surface area (Å²) in [5.41, 5.74) is 1.29. The molecule has 0 spiro atoms. The van der Waals surface area contributed by atoms with Crippen molar-refractivity contribution in [1.29, 1.82) is 0 Å². The maximum absolute atomic E-state index is 11.7. The molecule has 1 aliphatic rings. The molecule has 0 radical (unpaired) electrons. The van der Waals surface area contributed by atoms with Crippen molar-refractivity contribution in [2.45, 2.75) is 12.5 Å². The molecule has 1 aromatic rings. The van der Waals surface area contributed by atoms with Crippen molar-refractivity contribution in [3.05, 3.63) is 34.9 Å². The Morgan fingerprint density at radius 3 is 2.75 bits per heavy atom. The van der Waals surface area contributed by atoms with Gasteiger partial charge in [-0.3, -0.25) is 9.69 Å². The highest BCUT2D eigenvalue weighted by Crippen LogP contribution is 2.30. The van der Waals surface area contributed by atoms with Crippen molar-refractivity contribution in [1.82, 2.24) is 9.80 Å². The lowest BCUT2D eigenvalue weighted by Crippen LogP contribution is -2.38. The monoisotopic (exact) mass is 312 g/mol. The molecule has 1 amide bonds. The SMILES string of the molecule is CN(C)C(=O)CCN1CCSCC1c1ccc(Cl)cc1. The highest BCUT2D eigenvalue weighted by molar-refractivity contribution is 7.99. The fourth-order valence-electron chi connectivity index (χ4n) is 2.36. The summed E-state index contributed by atoms with van der Waals surface area (Å²) in [7, 11) is 3.62. The zero-order chi connectivity index (χ0) is 14.5. The second-order valence-corrected chi connectivity index (χ2v) is 6.80. The van der Waals surface area contributed by atoms with Gasteiger partial charge in [0.2, 0.25) is 5.91 Å². The molecule has 0 aromatic heterocycles. The molecule has 20 heavy (non-hydrogen) atoms. The summed E-state index contributed by atoms with van der Waals surface area (Å²) in [6, 6.07) is 8.47. The van der Waals surface area contributed by atoms with Crippen LogP contribution in [-0.2, 0) is 4.79 Å². The van der Waals surface area contributed by atoms with Crippen molar-refractivity contribution in [3.8, 4) is 0 Å². The Bertz CT molecular complexity index is 450. The topological polar surface area (TPSA) is 23.6 Å². The number of carbonyl (C=O) groups is 1. The van der Waals surface area contributed by atoms with E-state index >= 15 is 0 Å². The van der Waals surface area contributed by atoms with E-state index in [0.29, 0.717) is 12.5 Å². The first-order valence-electron chi connectivity index (χ1n) is 6.85. The van der Waals surface area contributed by atoms with E-state index in [1.807, 2.05) is 38.0 Å². The minimum absolute atomic E-state index is 0.193. The van der Waals surface area contributed by atoms with Crippen molar-refractivity contribution >= 4 is 29.3 Å². The molecule has 0 bridgehead atoms. The number of carbonyl (C=O) groups excluding carboxylic acids is 1. The first-order chi connectivity index (χ1) is 9.58. The smallest absolute Gasteiger partial charge is 0.223 e. The first-order valence-corrected chi connectivity index (χ1v) is 8.38. The quantitative estimate of drug-likeness (QED) is 0.854. The maximum Gasteiger partial charge on any atom is 0.223 e. The van der Waals surface area contributed by atoms with Gasteiger partial charge in [-0.05, 0) is 17.7 Å². The van der Waals surface area contributed by atoms with E-state index in [2.05, 4.69) is 17.0 Å². The molecule has 1 heterocycles. The average molecular weight is 313 g/mol. The minimum atomic E-state index is 0.193. The van der Waals surface area contributed by atoms with Crippen LogP contribution in [0.5, 0.6) is 0 Å². The van der Waals surface area contributed by atoms with E-state index in [4.69, 9.17) is 11.6 Å². The van der Waals surface area contributed by atoms with Gasteiger partial charge in [0.25, 0.3) is 0 Å². The van der Waals surface area contributed by atoms with E-state index in [0.717, 1.165) is 29.6 Å². The van der Waals surface area contributed by atoms with Crippen LogP contribution in [0, 0.1) is 0 Å². The number of nitrogens with zero attached hydrogens (tertiary/aromatic N) is 2. The fourth-order valence-corrected chi connectivity index (χ4v) is 3.64. The van der Waals surface area contributed by atoms with Crippen LogP contribution in [0.4, 0.5) is 0 Å². The lowest BCUT2D eigenvalue weighted by atomic mass is 10.1. The van der Waals surface area contributed by atoms with Crippen LogP contribution < -0.4 is 0 Å². The lowest BCUT2D eigenvalue weighted by molar-refractivity contribution is -0.129. The van der Waals surface area contributed by atoms with Crippen LogP contribution in [0.1, 0.15) is 18.0 Å². The summed E-state index contributed by atoms with van der Waals surface area (Å²) in [5.74, 6) is 2.41. The molecule has 0 aliphatic carbocycles. The normalized spacial score (nSPS) is 19.9. The van der Waals surface area contributed by atoms with Gasteiger partial charge in [0.15, 0.2) is 0 Å². The molecule has 5 heteroatoms. The molecule has 3 nitrogen and oxygen atoms in total. The zero-order valence-electron chi connectivity index (χ0n) is 12.0. The second kappa shape index (κ2) is 7.34. The third-order valence-electron chi connectivity index (χ3n) is 3.61. The van der Waals surface area contributed by atoms with Gasteiger partial charge in [-0.15, -0.1) is 0 Å². The van der Waals surface area contributed by atoms with Crippen molar-refractivity contribution in [2.75, 3.05) is 38.7 Å². The molecule has 2 rings (SSSR count). The number of rotatable bonds is 4. The average Bonchev–Trinajstić information content (AvgIpc) is 2.46.